The molecular weight excluding hydrogens is 274 g/mol. The van der Waals surface area contributed by atoms with E-state index >= 15 is 0 Å². The van der Waals surface area contributed by atoms with Crippen LogP contribution >= 0.6 is 0 Å². The third-order valence-electron chi connectivity index (χ3n) is 3.89. The van der Waals surface area contributed by atoms with Crippen LogP contribution in [0.4, 0.5) is 0 Å². The Balaban J connectivity index is 1.55. The molecule has 2 aliphatic rings. The van der Waals surface area contributed by atoms with Crippen molar-refractivity contribution in [2.75, 3.05) is 13.1 Å². The molecule has 2 N–H and O–H groups in total. The predicted molar refractivity (Wildman–Crippen MR) is 87.2 cm³/mol. The largest absolute Gasteiger partial charge is 0.368 e. The summed E-state index contributed by atoms with van der Waals surface area (Å²) in [6.45, 7) is 1.78. The van der Waals surface area contributed by atoms with Crippen LogP contribution in [0.2, 0.25) is 0 Å². The molecule has 4 rings (SSSR count). The molecule has 1 atom stereocenters. The molecule has 2 heterocycles. The predicted octanol–water partition coefficient (Wildman–Crippen LogP) is 2.65. The summed E-state index contributed by atoms with van der Waals surface area (Å²) in [4.78, 5) is 10.1. The van der Waals surface area contributed by atoms with Crippen LogP contribution in [-0.2, 0) is 4.84 Å². The molecule has 2 aromatic rings. The lowest BCUT2D eigenvalue weighted by atomic mass is 10.1. The van der Waals surface area contributed by atoms with E-state index < -0.39 is 0 Å². The topological polar surface area (TPSA) is 45.7 Å². The normalized spacial score (nSPS) is 20.1. The van der Waals surface area contributed by atoms with Gasteiger partial charge in [0.25, 0.3) is 0 Å². The first kappa shape index (κ1) is 13.1. The second-order valence-electron chi connectivity index (χ2n) is 5.37. The Labute approximate surface area is 129 Å². The third kappa shape index (κ3) is 2.49. The maximum atomic E-state index is 5.66. The van der Waals surface area contributed by atoms with Gasteiger partial charge in [0.2, 0.25) is 0 Å². The second-order valence-corrected chi connectivity index (χ2v) is 5.37. The molecule has 0 radical (unpaired) electrons. The Morgan fingerprint density at radius 2 is 1.73 bits per heavy atom. The van der Waals surface area contributed by atoms with E-state index in [1.54, 1.807) is 0 Å². The number of hydrogen-bond donors (Lipinski definition) is 2. The van der Waals surface area contributed by atoms with Gasteiger partial charge in [0.15, 0.2) is 0 Å². The van der Waals surface area contributed by atoms with Crippen molar-refractivity contribution in [2.45, 2.75) is 6.10 Å². The molecule has 1 unspecified atom stereocenters. The highest BCUT2D eigenvalue weighted by Crippen LogP contribution is 2.28. The molecule has 110 valence electrons. The average molecular weight is 291 g/mol. The molecule has 2 aromatic carbocycles. The first-order valence-corrected chi connectivity index (χ1v) is 7.48. The molecule has 0 spiro atoms. The lowest BCUT2D eigenvalue weighted by Crippen LogP contribution is -2.19. The molecule has 0 fully saturated rings. The highest BCUT2D eigenvalue weighted by Gasteiger charge is 2.19. The van der Waals surface area contributed by atoms with Crippen LogP contribution in [0.5, 0.6) is 0 Å². The summed E-state index contributed by atoms with van der Waals surface area (Å²) in [5.74, 6) is 0.985. The Morgan fingerprint density at radius 1 is 0.955 bits per heavy atom. The summed E-state index contributed by atoms with van der Waals surface area (Å²) in [5, 5.41) is 3.29. The number of amidine groups is 1. The standard InChI is InChI=1S/C18H17N3O/c1-2-4-14(5-3-1)17-12-16(21-22-17)13-6-8-15(9-7-13)18-19-10-11-20-18/h1-9,12,17,21H,10-11H2,(H,19,20). The molecular formula is C18H17N3O. The highest BCUT2D eigenvalue weighted by molar-refractivity contribution is 5.99. The number of benzene rings is 2. The van der Waals surface area contributed by atoms with Gasteiger partial charge in [-0.1, -0.05) is 54.6 Å². The lowest BCUT2D eigenvalue weighted by molar-refractivity contribution is 0.0511. The van der Waals surface area contributed by atoms with Gasteiger partial charge in [-0.15, -0.1) is 0 Å². The quantitative estimate of drug-likeness (QED) is 0.914. The van der Waals surface area contributed by atoms with Crippen LogP contribution in [0.3, 0.4) is 0 Å². The van der Waals surface area contributed by atoms with E-state index in [2.05, 4.69) is 58.3 Å². The fourth-order valence-electron chi connectivity index (χ4n) is 2.71. The van der Waals surface area contributed by atoms with Gasteiger partial charge >= 0.3 is 0 Å². The molecule has 0 aliphatic carbocycles. The Bertz CT molecular complexity index is 720. The van der Waals surface area contributed by atoms with Gasteiger partial charge in [0.1, 0.15) is 11.9 Å². The molecule has 0 saturated carbocycles. The zero-order valence-electron chi connectivity index (χ0n) is 12.1. The van der Waals surface area contributed by atoms with Crippen molar-refractivity contribution in [3.05, 3.63) is 77.4 Å². The average Bonchev–Trinajstić information content (AvgIpc) is 3.28. The molecule has 4 nitrogen and oxygen atoms in total. The van der Waals surface area contributed by atoms with E-state index in [4.69, 9.17) is 4.84 Å². The van der Waals surface area contributed by atoms with Crippen LogP contribution in [0, 0.1) is 0 Å². The third-order valence-corrected chi connectivity index (χ3v) is 3.89. The first-order chi connectivity index (χ1) is 10.9. The van der Waals surface area contributed by atoms with E-state index in [1.807, 2.05) is 18.2 Å². The monoisotopic (exact) mass is 291 g/mol. The van der Waals surface area contributed by atoms with Crippen molar-refractivity contribution in [1.29, 1.82) is 0 Å². The minimum Gasteiger partial charge on any atom is -0.368 e. The summed E-state index contributed by atoms with van der Waals surface area (Å²) in [6, 6.07) is 18.5. The minimum atomic E-state index is -0.0447. The summed E-state index contributed by atoms with van der Waals surface area (Å²) in [5.41, 5.74) is 7.41. The van der Waals surface area contributed by atoms with E-state index in [0.717, 1.165) is 41.3 Å². The van der Waals surface area contributed by atoms with Gasteiger partial charge in [-0.3, -0.25) is 15.3 Å². The smallest absolute Gasteiger partial charge is 0.131 e. The minimum absolute atomic E-state index is 0.0447. The summed E-state index contributed by atoms with van der Waals surface area (Å²) >= 11 is 0. The van der Waals surface area contributed by atoms with Crippen LogP contribution < -0.4 is 10.8 Å². The van der Waals surface area contributed by atoms with Crippen molar-refractivity contribution < 1.29 is 4.84 Å². The van der Waals surface area contributed by atoms with Crippen LogP contribution in [0.15, 0.2) is 65.7 Å². The van der Waals surface area contributed by atoms with Crippen LogP contribution in [0.25, 0.3) is 5.70 Å². The van der Waals surface area contributed by atoms with Gasteiger partial charge in [0, 0.05) is 12.1 Å². The van der Waals surface area contributed by atoms with Gasteiger partial charge in [-0.2, -0.15) is 0 Å². The summed E-state index contributed by atoms with van der Waals surface area (Å²) < 4.78 is 0. The van der Waals surface area contributed by atoms with Crippen LogP contribution in [0.1, 0.15) is 22.8 Å². The highest BCUT2D eigenvalue weighted by atomic mass is 16.7. The van der Waals surface area contributed by atoms with Crippen molar-refractivity contribution in [3.63, 3.8) is 0 Å². The number of hydrogen-bond acceptors (Lipinski definition) is 4. The van der Waals surface area contributed by atoms with Gasteiger partial charge in [-0.25, -0.2) is 0 Å². The fraction of sp³-hybridized carbons (Fsp3) is 0.167. The van der Waals surface area contributed by atoms with Crippen molar-refractivity contribution >= 4 is 11.5 Å². The second kappa shape index (κ2) is 5.66. The maximum absolute atomic E-state index is 5.66. The van der Waals surface area contributed by atoms with Gasteiger partial charge in [-0.05, 0) is 17.2 Å². The molecule has 0 amide bonds. The SMILES string of the molecule is C1=C(c2ccc(C3=NCCN3)cc2)NOC1c1ccccc1. The first-order valence-electron chi connectivity index (χ1n) is 7.48. The number of nitrogens with zero attached hydrogens (tertiary/aromatic N) is 1. The van der Waals surface area contributed by atoms with Crippen molar-refractivity contribution in [3.8, 4) is 0 Å². The van der Waals surface area contributed by atoms with Crippen LogP contribution in [-0.4, -0.2) is 18.9 Å². The molecule has 4 heteroatoms. The summed E-state index contributed by atoms with van der Waals surface area (Å²) in [6.07, 6.45) is 2.06. The molecule has 22 heavy (non-hydrogen) atoms. The fourth-order valence-corrected chi connectivity index (χ4v) is 2.71. The molecule has 0 aromatic heterocycles. The number of rotatable bonds is 3. The Kier molecular flexibility index (Phi) is 3.37. The number of nitrogens with one attached hydrogen (secondary N) is 2. The Morgan fingerprint density at radius 3 is 2.45 bits per heavy atom. The molecule has 0 saturated heterocycles. The van der Waals surface area contributed by atoms with E-state index in [0.29, 0.717) is 0 Å². The van der Waals surface area contributed by atoms with E-state index in [1.165, 1.54) is 0 Å². The Hall–Kier alpha value is -2.59. The van der Waals surface area contributed by atoms with Gasteiger partial charge < -0.3 is 5.32 Å². The number of aliphatic imine (C=N–C) groups is 1. The molecule has 0 bridgehead atoms. The van der Waals surface area contributed by atoms with E-state index in [-0.39, 0.29) is 6.10 Å². The zero-order chi connectivity index (χ0) is 14.8. The lowest BCUT2D eigenvalue weighted by Gasteiger charge is -2.07. The van der Waals surface area contributed by atoms with E-state index in [9.17, 15) is 0 Å². The summed E-state index contributed by atoms with van der Waals surface area (Å²) in [7, 11) is 0. The van der Waals surface area contributed by atoms with Crippen molar-refractivity contribution in [1.82, 2.24) is 10.8 Å². The molecule has 2 aliphatic heterocycles. The zero-order valence-corrected chi connectivity index (χ0v) is 12.1. The number of hydroxylamine groups is 1. The van der Waals surface area contributed by atoms with Gasteiger partial charge in [0.05, 0.1) is 12.2 Å². The van der Waals surface area contributed by atoms with Crippen molar-refractivity contribution in [2.24, 2.45) is 4.99 Å². The maximum Gasteiger partial charge on any atom is 0.131 e.